The van der Waals surface area contributed by atoms with Crippen molar-refractivity contribution in [2.24, 2.45) is 5.92 Å². The predicted octanol–water partition coefficient (Wildman–Crippen LogP) is 5.37. The van der Waals surface area contributed by atoms with Gasteiger partial charge in [-0.15, -0.1) is 0 Å². The quantitative estimate of drug-likeness (QED) is 0.386. The minimum absolute atomic E-state index is 0.212. The van der Waals surface area contributed by atoms with Gasteiger partial charge in [-0.05, 0) is 36.3 Å². The zero-order chi connectivity index (χ0) is 23.6. The fourth-order valence-corrected chi connectivity index (χ4v) is 4.11. The number of pyridine rings is 1. The van der Waals surface area contributed by atoms with Gasteiger partial charge in [0.2, 0.25) is 11.7 Å². The van der Waals surface area contributed by atoms with Gasteiger partial charge < -0.3 is 4.90 Å². The number of ketones is 1. The van der Waals surface area contributed by atoms with Crippen LogP contribution in [-0.2, 0) is 16.0 Å². The summed E-state index contributed by atoms with van der Waals surface area (Å²) in [6, 6.07) is 16.3. The van der Waals surface area contributed by atoms with Gasteiger partial charge in [0.25, 0.3) is 0 Å². The van der Waals surface area contributed by atoms with Crippen LogP contribution in [0.2, 0.25) is 0 Å². The summed E-state index contributed by atoms with van der Waals surface area (Å²) in [5.74, 6) is -4.49. The summed E-state index contributed by atoms with van der Waals surface area (Å²) >= 11 is 0. The maximum Gasteiger partial charge on any atom is 0.450 e. The molecule has 0 radical (unpaired) electrons. The molecule has 3 aromatic rings. The van der Waals surface area contributed by atoms with Gasteiger partial charge in [-0.3, -0.25) is 14.6 Å². The van der Waals surface area contributed by atoms with Crippen LogP contribution in [-0.4, -0.2) is 40.8 Å². The van der Waals surface area contributed by atoms with Gasteiger partial charge in [0.1, 0.15) is 5.92 Å². The Morgan fingerprint density at radius 3 is 2.45 bits per heavy atom. The average Bonchev–Trinajstić information content (AvgIpc) is 2.83. The lowest BCUT2D eigenvalue weighted by atomic mass is 9.95. The van der Waals surface area contributed by atoms with Crippen molar-refractivity contribution in [2.45, 2.75) is 25.9 Å². The van der Waals surface area contributed by atoms with Gasteiger partial charge in [-0.2, -0.15) is 13.2 Å². The Morgan fingerprint density at radius 2 is 1.79 bits per heavy atom. The van der Waals surface area contributed by atoms with Gasteiger partial charge in [-0.1, -0.05) is 60.2 Å². The Hall–Kier alpha value is -3.48. The Balaban J connectivity index is 1.41. The number of aromatic nitrogens is 1. The SMILES string of the molecule is CC(C(=O)N1CC=C(Cc2ccc(-c3cncc4ccccc34)cc2)CC1)C(=O)C(F)(F)F. The van der Waals surface area contributed by atoms with E-state index < -0.39 is 23.8 Å². The van der Waals surface area contributed by atoms with Gasteiger partial charge in [0.05, 0.1) is 0 Å². The number of rotatable bonds is 5. The molecule has 0 bridgehead atoms. The lowest BCUT2D eigenvalue weighted by Crippen LogP contribution is -2.44. The van der Waals surface area contributed by atoms with E-state index in [1.165, 1.54) is 4.90 Å². The van der Waals surface area contributed by atoms with E-state index in [0.717, 1.165) is 40.0 Å². The molecule has 2 aromatic carbocycles. The zero-order valence-electron chi connectivity index (χ0n) is 18.1. The van der Waals surface area contributed by atoms with Gasteiger partial charge in [0, 0.05) is 36.4 Å². The van der Waals surface area contributed by atoms with Crippen LogP contribution in [0.25, 0.3) is 21.9 Å². The number of carbonyl (C=O) groups excluding carboxylic acids is 2. The maximum absolute atomic E-state index is 12.6. The number of nitrogens with zero attached hydrogens (tertiary/aromatic N) is 2. The number of halogens is 3. The number of Topliss-reactive ketones (excluding diaryl/α,β-unsaturated/α-hetero) is 1. The molecular weight excluding hydrogens is 429 g/mol. The topological polar surface area (TPSA) is 50.3 Å². The van der Waals surface area contributed by atoms with Crippen molar-refractivity contribution in [2.75, 3.05) is 13.1 Å². The molecule has 0 saturated carbocycles. The first-order valence-corrected chi connectivity index (χ1v) is 10.7. The van der Waals surface area contributed by atoms with Crippen molar-refractivity contribution in [1.82, 2.24) is 9.88 Å². The highest BCUT2D eigenvalue weighted by Crippen LogP contribution is 2.29. The van der Waals surface area contributed by atoms with Crippen LogP contribution in [0.1, 0.15) is 18.9 Å². The molecule has 0 N–H and O–H groups in total. The minimum atomic E-state index is -5.00. The van der Waals surface area contributed by atoms with Gasteiger partial charge in [-0.25, -0.2) is 0 Å². The zero-order valence-corrected chi connectivity index (χ0v) is 18.1. The molecule has 1 aliphatic rings. The summed E-state index contributed by atoms with van der Waals surface area (Å²) in [5.41, 5.74) is 4.36. The van der Waals surface area contributed by atoms with Crippen LogP contribution in [0.4, 0.5) is 13.2 Å². The lowest BCUT2D eigenvalue weighted by Gasteiger charge is -2.29. The molecule has 1 aliphatic heterocycles. The molecule has 4 nitrogen and oxygen atoms in total. The molecule has 1 unspecified atom stereocenters. The van der Waals surface area contributed by atoms with Crippen molar-refractivity contribution < 1.29 is 22.8 Å². The van der Waals surface area contributed by atoms with Crippen LogP contribution >= 0.6 is 0 Å². The first-order chi connectivity index (χ1) is 15.7. The molecule has 1 atom stereocenters. The van der Waals surface area contributed by atoms with Crippen molar-refractivity contribution >= 4 is 22.5 Å². The number of amides is 1. The Morgan fingerprint density at radius 1 is 1.06 bits per heavy atom. The van der Waals surface area contributed by atoms with Crippen LogP contribution in [0.15, 0.2) is 72.6 Å². The third kappa shape index (κ3) is 4.97. The molecule has 33 heavy (non-hydrogen) atoms. The van der Waals surface area contributed by atoms with E-state index in [1.807, 2.05) is 36.7 Å². The summed E-state index contributed by atoms with van der Waals surface area (Å²) < 4.78 is 37.8. The van der Waals surface area contributed by atoms with Crippen molar-refractivity contribution in [1.29, 1.82) is 0 Å². The second-order valence-electron chi connectivity index (χ2n) is 8.26. The highest BCUT2D eigenvalue weighted by Gasteiger charge is 2.45. The monoisotopic (exact) mass is 452 g/mol. The van der Waals surface area contributed by atoms with E-state index in [0.29, 0.717) is 19.4 Å². The molecule has 0 fully saturated rings. The number of fused-ring (bicyclic) bond motifs is 1. The molecule has 1 aromatic heterocycles. The fourth-order valence-electron chi connectivity index (χ4n) is 4.11. The summed E-state index contributed by atoms with van der Waals surface area (Å²) in [6.45, 7) is 1.54. The standard InChI is InChI=1S/C26H23F3N2O2/c1-17(24(32)26(27,28)29)25(33)31-12-10-19(11-13-31)14-18-6-8-20(9-7-18)23-16-30-15-21-4-2-3-5-22(21)23/h2-10,15-17H,11-14H2,1H3. The maximum atomic E-state index is 12.6. The predicted molar refractivity (Wildman–Crippen MR) is 120 cm³/mol. The summed E-state index contributed by atoms with van der Waals surface area (Å²) in [4.78, 5) is 29.3. The summed E-state index contributed by atoms with van der Waals surface area (Å²) in [7, 11) is 0. The molecule has 7 heteroatoms. The van der Waals surface area contributed by atoms with Crippen molar-refractivity contribution in [3.63, 3.8) is 0 Å². The Labute approximate surface area is 189 Å². The molecule has 4 rings (SSSR count). The molecule has 1 amide bonds. The van der Waals surface area contributed by atoms with Gasteiger partial charge in [0.15, 0.2) is 0 Å². The molecule has 0 saturated heterocycles. The number of benzene rings is 2. The largest absolute Gasteiger partial charge is 0.450 e. The normalized spacial score (nSPS) is 15.3. The van der Waals surface area contributed by atoms with Gasteiger partial charge >= 0.3 is 6.18 Å². The third-order valence-corrected chi connectivity index (χ3v) is 6.02. The van der Waals surface area contributed by atoms with Crippen LogP contribution in [0.3, 0.4) is 0 Å². The van der Waals surface area contributed by atoms with Crippen LogP contribution in [0.5, 0.6) is 0 Å². The van der Waals surface area contributed by atoms with E-state index in [1.54, 1.807) is 0 Å². The average molecular weight is 452 g/mol. The molecule has 0 spiro atoms. The second-order valence-corrected chi connectivity index (χ2v) is 8.26. The van der Waals surface area contributed by atoms with Crippen LogP contribution in [0, 0.1) is 5.92 Å². The van der Waals surface area contributed by atoms with Crippen LogP contribution < -0.4 is 0 Å². The first kappa shape index (κ1) is 22.7. The van der Waals surface area contributed by atoms with Crippen molar-refractivity contribution in [3.05, 3.63) is 78.1 Å². The van der Waals surface area contributed by atoms with E-state index in [2.05, 4.69) is 35.3 Å². The number of carbonyl (C=O) groups is 2. The lowest BCUT2D eigenvalue weighted by molar-refractivity contribution is -0.177. The fraction of sp³-hybridized carbons (Fsp3) is 0.269. The van der Waals surface area contributed by atoms with E-state index in [9.17, 15) is 22.8 Å². The Bertz CT molecular complexity index is 1210. The number of hydrogen-bond acceptors (Lipinski definition) is 3. The number of hydrogen-bond donors (Lipinski definition) is 0. The third-order valence-electron chi connectivity index (χ3n) is 6.02. The summed E-state index contributed by atoms with van der Waals surface area (Å²) in [5, 5.41) is 2.22. The smallest absolute Gasteiger partial charge is 0.338 e. The summed E-state index contributed by atoms with van der Waals surface area (Å²) in [6.07, 6.45) is 1.84. The highest BCUT2D eigenvalue weighted by molar-refractivity contribution is 6.03. The van der Waals surface area contributed by atoms with E-state index >= 15 is 0 Å². The number of alkyl halides is 3. The van der Waals surface area contributed by atoms with E-state index in [4.69, 9.17) is 0 Å². The molecule has 0 aliphatic carbocycles. The second kappa shape index (κ2) is 9.17. The highest BCUT2D eigenvalue weighted by atomic mass is 19.4. The first-order valence-electron chi connectivity index (χ1n) is 10.7. The minimum Gasteiger partial charge on any atom is -0.338 e. The van der Waals surface area contributed by atoms with Crippen molar-refractivity contribution in [3.8, 4) is 11.1 Å². The van der Waals surface area contributed by atoms with E-state index in [-0.39, 0.29) is 6.54 Å². The molecular formula is C26H23F3N2O2. The Kier molecular flexibility index (Phi) is 6.31. The molecule has 170 valence electrons. The molecule has 2 heterocycles.